The summed E-state index contributed by atoms with van der Waals surface area (Å²) in [5, 5.41) is 0. The summed E-state index contributed by atoms with van der Waals surface area (Å²) in [4.78, 5) is 4.12. The number of nitrogens with zero attached hydrogens (tertiary/aromatic N) is 1. The van der Waals surface area contributed by atoms with E-state index < -0.39 is 0 Å². The fourth-order valence-electron chi connectivity index (χ4n) is 1.48. The van der Waals surface area contributed by atoms with Crippen LogP contribution in [0.15, 0.2) is 12.3 Å². The second-order valence-electron chi connectivity index (χ2n) is 3.60. The summed E-state index contributed by atoms with van der Waals surface area (Å²) in [7, 11) is 0. The van der Waals surface area contributed by atoms with Crippen LogP contribution in [0.2, 0.25) is 0 Å². The molecule has 1 aromatic heterocycles. The molecule has 0 saturated carbocycles. The number of pyridine rings is 1. The van der Waals surface area contributed by atoms with Crippen molar-refractivity contribution in [3.8, 4) is 0 Å². The second kappa shape index (κ2) is 4.35. The maximum absolute atomic E-state index is 12.9. The highest BCUT2D eigenvalue weighted by Gasteiger charge is 2.08. The van der Waals surface area contributed by atoms with Gasteiger partial charge in [-0.1, -0.05) is 27.2 Å². The van der Waals surface area contributed by atoms with Crippen LogP contribution < -0.4 is 0 Å². The van der Waals surface area contributed by atoms with Gasteiger partial charge < -0.3 is 0 Å². The second-order valence-corrected chi connectivity index (χ2v) is 3.60. The van der Waals surface area contributed by atoms with E-state index in [2.05, 4.69) is 25.8 Å². The molecule has 2 heteroatoms. The number of rotatable bonds is 3. The van der Waals surface area contributed by atoms with Crippen molar-refractivity contribution in [3.63, 3.8) is 0 Å². The zero-order chi connectivity index (χ0) is 9.84. The number of hydrogen-bond acceptors (Lipinski definition) is 1. The minimum Gasteiger partial charge on any atom is -0.258 e. The van der Waals surface area contributed by atoms with Gasteiger partial charge in [-0.2, -0.15) is 0 Å². The van der Waals surface area contributed by atoms with Gasteiger partial charge in [0.2, 0.25) is 0 Å². The van der Waals surface area contributed by atoms with E-state index in [1.54, 1.807) is 6.07 Å². The number of hydrogen-bond donors (Lipinski definition) is 0. The van der Waals surface area contributed by atoms with E-state index in [1.165, 1.54) is 6.20 Å². The topological polar surface area (TPSA) is 12.9 Å². The van der Waals surface area contributed by atoms with Gasteiger partial charge in [-0.05, 0) is 24.0 Å². The van der Waals surface area contributed by atoms with Crippen molar-refractivity contribution in [1.82, 2.24) is 4.98 Å². The molecule has 0 aliphatic carbocycles. The van der Waals surface area contributed by atoms with Gasteiger partial charge in [-0.3, -0.25) is 4.98 Å². The van der Waals surface area contributed by atoms with Crippen LogP contribution >= 0.6 is 0 Å². The van der Waals surface area contributed by atoms with Gasteiger partial charge in [0, 0.05) is 5.69 Å². The largest absolute Gasteiger partial charge is 0.258 e. The van der Waals surface area contributed by atoms with Crippen LogP contribution in [0.5, 0.6) is 0 Å². The molecule has 0 atom stereocenters. The highest BCUT2D eigenvalue weighted by Crippen LogP contribution is 2.18. The predicted octanol–water partition coefficient (Wildman–Crippen LogP) is 3.30. The summed E-state index contributed by atoms with van der Waals surface area (Å²) in [6.45, 7) is 6.26. The molecule has 0 radical (unpaired) electrons. The molecule has 0 fully saturated rings. The lowest BCUT2D eigenvalue weighted by molar-refractivity contribution is 0.611. The lowest BCUT2D eigenvalue weighted by Gasteiger charge is -2.10. The smallest absolute Gasteiger partial charge is 0.141 e. The molecular formula is C11H16FN. The summed E-state index contributed by atoms with van der Waals surface area (Å²) in [6, 6.07) is 1.60. The van der Waals surface area contributed by atoms with Gasteiger partial charge in [0.25, 0.3) is 0 Å². The van der Waals surface area contributed by atoms with Crippen LogP contribution in [-0.4, -0.2) is 4.98 Å². The summed E-state index contributed by atoms with van der Waals surface area (Å²) in [5.41, 5.74) is 2.08. The van der Waals surface area contributed by atoms with Gasteiger partial charge in [0.05, 0.1) is 6.20 Å². The number of halogens is 1. The standard InChI is InChI=1S/C11H16FN/c1-4-5-9-6-10(12)7-13-11(9)8(2)3/h6-8H,4-5H2,1-3H3. The third-order valence-electron chi connectivity index (χ3n) is 2.03. The van der Waals surface area contributed by atoms with Crippen LogP contribution in [0.1, 0.15) is 44.4 Å². The Hall–Kier alpha value is -0.920. The monoisotopic (exact) mass is 181 g/mol. The first-order chi connectivity index (χ1) is 6.15. The first-order valence-electron chi connectivity index (χ1n) is 4.79. The first-order valence-corrected chi connectivity index (χ1v) is 4.79. The third-order valence-corrected chi connectivity index (χ3v) is 2.03. The van der Waals surface area contributed by atoms with E-state index in [1.807, 2.05) is 0 Å². The average Bonchev–Trinajstić information content (AvgIpc) is 2.04. The molecule has 1 heterocycles. The van der Waals surface area contributed by atoms with E-state index in [0.29, 0.717) is 5.92 Å². The minimum absolute atomic E-state index is 0.229. The molecule has 0 aliphatic rings. The maximum Gasteiger partial charge on any atom is 0.141 e. The Kier molecular flexibility index (Phi) is 3.40. The van der Waals surface area contributed by atoms with Crippen molar-refractivity contribution in [2.45, 2.75) is 39.5 Å². The molecule has 0 N–H and O–H groups in total. The zero-order valence-corrected chi connectivity index (χ0v) is 8.47. The van der Waals surface area contributed by atoms with Crippen molar-refractivity contribution < 1.29 is 4.39 Å². The van der Waals surface area contributed by atoms with Gasteiger partial charge in [0.1, 0.15) is 5.82 Å². The molecule has 13 heavy (non-hydrogen) atoms. The lowest BCUT2D eigenvalue weighted by Crippen LogP contribution is -2.00. The quantitative estimate of drug-likeness (QED) is 0.697. The molecule has 0 aliphatic heterocycles. The summed E-state index contributed by atoms with van der Waals surface area (Å²) in [5.74, 6) is 0.148. The Morgan fingerprint density at radius 2 is 2.15 bits per heavy atom. The fourth-order valence-corrected chi connectivity index (χ4v) is 1.48. The van der Waals surface area contributed by atoms with Crippen LogP contribution in [0.3, 0.4) is 0 Å². The molecule has 1 aromatic rings. The molecule has 0 aromatic carbocycles. The minimum atomic E-state index is -0.229. The predicted molar refractivity (Wildman–Crippen MR) is 52.3 cm³/mol. The van der Waals surface area contributed by atoms with Crippen LogP contribution in [0, 0.1) is 5.82 Å². The molecule has 0 bridgehead atoms. The SMILES string of the molecule is CCCc1cc(F)cnc1C(C)C. The highest BCUT2D eigenvalue weighted by molar-refractivity contribution is 5.23. The zero-order valence-electron chi connectivity index (χ0n) is 8.47. The molecule has 0 spiro atoms. The highest BCUT2D eigenvalue weighted by atomic mass is 19.1. The number of aromatic nitrogens is 1. The van der Waals surface area contributed by atoms with E-state index in [0.717, 1.165) is 24.1 Å². The van der Waals surface area contributed by atoms with Crippen LogP contribution in [-0.2, 0) is 6.42 Å². The summed E-state index contributed by atoms with van der Waals surface area (Å²) in [6.07, 6.45) is 3.25. The first kappa shape index (κ1) is 10.2. The third kappa shape index (κ3) is 2.51. The molecule has 0 unspecified atom stereocenters. The van der Waals surface area contributed by atoms with Crippen molar-refractivity contribution >= 4 is 0 Å². The van der Waals surface area contributed by atoms with Gasteiger partial charge in [-0.15, -0.1) is 0 Å². The van der Waals surface area contributed by atoms with Crippen molar-refractivity contribution in [2.75, 3.05) is 0 Å². The number of aryl methyl sites for hydroxylation is 1. The summed E-state index contributed by atoms with van der Waals surface area (Å²) >= 11 is 0. The van der Waals surface area contributed by atoms with Gasteiger partial charge in [0.15, 0.2) is 0 Å². The van der Waals surface area contributed by atoms with Gasteiger partial charge in [-0.25, -0.2) is 4.39 Å². The molecule has 0 saturated heterocycles. The lowest BCUT2D eigenvalue weighted by atomic mass is 10.0. The normalized spacial score (nSPS) is 10.8. The van der Waals surface area contributed by atoms with E-state index >= 15 is 0 Å². The molecule has 72 valence electrons. The Morgan fingerprint density at radius 1 is 1.46 bits per heavy atom. The Labute approximate surface area is 79.0 Å². The summed E-state index contributed by atoms with van der Waals surface area (Å²) < 4.78 is 12.9. The Bertz CT molecular complexity index is 281. The van der Waals surface area contributed by atoms with Gasteiger partial charge >= 0.3 is 0 Å². The van der Waals surface area contributed by atoms with E-state index in [9.17, 15) is 4.39 Å². The van der Waals surface area contributed by atoms with Crippen molar-refractivity contribution in [2.24, 2.45) is 0 Å². The molecular weight excluding hydrogens is 165 g/mol. The van der Waals surface area contributed by atoms with Crippen molar-refractivity contribution in [1.29, 1.82) is 0 Å². The maximum atomic E-state index is 12.9. The van der Waals surface area contributed by atoms with E-state index in [-0.39, 0.29) is 5.82 Å². The molecule has 0 amide bonds. The van der Waals surface area contributed by atoms with Crippen LogP contribution in [0.25, 0.3) is 0 Å². The van der Waals surface area contributed by atoms with Crippen LogP contribution in [0.4, 0.5) is 4.39 Å². The fraction of sp³-hybridized carbons (Fsp3) is 0.545. The Morgan fingerprint density at radius 3 is 2.69 bits per heavy atom. The Balaban J connectivity index is 3.03. The molecule has 1 rings (SSSR count). The molecule has 1 nitrogen and oxygen atoms in total. The average molecular weight is 181 g/mol. The van der Waals surface area contributed by atoms with E-state index in [4.69, 9.17) is 0 Å². The van der Waals surface area contributed by atoms with Crippen molar-refractivity contribution in [3.05, 3.63) is 29.3 Å².